The van der Waals surface area contributed by atoms with Crippen LogP contribution in [0.2, 0.25) is 0 Å². The van der Waals surface area contributed by atoms with Gasteiger partial charge in [-0.05, 0) is 12.8 Å². The predicted octanol–water partition coefficient (Wildman–Crippen LogP) is 0.0943. The Hall–Kier alpha value is -0.990. The monoisotopic (exact) mass is 152 g/mol. The molecule has 60 valence electrons. The fourth-order valence-electron chi connectivity index (χ4n) is 1.84. The van der Waals surface area contributed by atoms with Crippen LogP contribution >= 0.6 is 0 Å². The largest absolute Gasteiger partial charge is 0.378 e. The number of rotatable bonds is 0. The number of amides is 1. The Bertz CT molecular complexity index is 190. The lowest BCUT2D eigenvalue weighted by molar-refractivity contribution is -0.131. The van der Waals surface area contributed by atoms with Crippen molar-refractivity contribution >= 4 is 5.91 Å². The highest BCUT2D eigenvalue weighted by Crippen LogP contribution is 2.23. The van der Waals surface area contributed by atoms with E-state index in [4.69, 9.17) is 0 Å². The summed E-state index contributed by atoms with van der Waals surface area (Å²) in [6, 6.07) is 0.288. The summed E-state index contributed by atoms with van der Waals surface area (Å²) in [6.07, 6.45) is 2.20. The van der Waals surface area contributed by atoms with Crippen molar-refractivity contribution in [2.24, 2.45) is 0 Å². The normalized spacial score (nSPS) is 30.2. The van der Waals surface area contributed by atoms with E-state index < -0.39 is 0 Å². The van der Waals surface area contributed by atoms with Crippen molar-refractivity contribution in [2.75, 3.05) is 13.1 Å². The molecule has 0 spiro atoms. The van der Waals surface area contributed by atoms with Crippen LogP contribution in [0.15, 0.2) is 12.3 Å². The van der Waals surface area contributed by atoms with Gasteiger partial charge in [0.1, 0.15) is 0 Å². The number of nitrogens with one attached hydrogen (secondary N) is 1. The summed E-state index contributed by atoms with van der Waals surface area (Å²) < 4.78 is 0. The number of carbonyl (C=O) groups excluding carboxylic acids is 1. The predicted molar refractivity (Wildman–Crippen MR) is 41.9 cm³/mol. The third-order valence-corrected chi connectivity index (χ3v) is 2.44. The van der Waals surface area contributed by atoms with E-state index in [9.17, 15) is 4.79 Å². The third kappa shape index (κ3) is 0.914. The molecule has 3 nitrogen and oxygen atoms in total. The maximum Gasteiger partial charge on any atom is 0.242 e. The van der Waals surface area contributed by atoms with Crippen molar-refractivity contribution in [3.63, 3.8) is 0 Å². The minimum Gasteiger partial charge on any atom is -0.378 e. The molecule has 2 aliphatic rings. The molecule has 1 N–H and O–H groups in total. The summed E-state index contributed by atoms with van der Waals surface area (Å²) in [7, 11) is 0. The van der Waals surface area contributed by atoms with Crippen molar-refractivity contribution in [2.45, 2.75) is 18.9 Å². The van der Waals surface area contributed by atoms with Crippen molar-refractivity contribution < 1.29 is 4.79 Å². The molecule has 1 amide bonds. The van der Waals surface area contributed by atoms with Crippen LogP contribution in [0, 0.1) is 0 Å². The fraction of sp³-hybridized carbons (Fsp3) is 0.625. The van der Waals surface area contributed by atoms with Crippen LogP contribution < -0.4 is 5.32 Å². The van der Waals surface area contributed by atoms with Crippen molar-refractivity contribution in [1.82, 2.24) is 10.2 Å². The Kier molecular flexibility index (Phi) is 1.37. The van der Waals surface area contributed by atoms with E-state index in [1.54, 1.807) is 0 Å². The molecule has 0 aromatic rings. The van der Waals surface area contributed by atoms with Crippen LogP contribution in [0.25, 0.3) is 0 Å². The SMILES string of the molecule is C=C1NCC(=O)N2CCCC12. The van der Waals surface area contributed by atoms with Gasteiger partial charge in [0.05, 0.1) is 12.6 Å². The first-order chi connectivity index (χ1) is 5.29. The molecule has 2 aliphatic heterocycles. The molecule has 0 aliphatic carbocycles. The average Bonchev–Trinajstić information content (AvgIpc) is 2.45. The number of nitrogens with zero attached hydrogens (tertiary/aromatic N) is 1. The molecule has 0 saturated carbocycles. The average molecular weight is 152 g/mol. The zero-order chi connectivity index (χ0) is 7.84. The number of carbonyl (C=O) groups is 1. The number of hydrogen-bond acceptors (Lipinski definition) is 2. The smallest absolute Gasteiger partial charge is 0.242 e. The summed E-state index contributed by atoms with van der Waals surface area (Å²) in [5.74, 6) is 0.222. The fourth-order valence-corrected chi connectivity index (χ4v) is 1.84. The van der Waals surface area contributed by atoms with Gasteiger partial charge in [-0.2, -0.15) is 0 Å². The Morgan fingerprint density at radius 3 is 3.18 bits per heavy atom. The lowest BCUT2D eigenvalue weighted by Crippen LogP contribution is -2.49. The highest BCUT2D eigenvalue weighted by Gasteiger charge is 2.33. The number of fused-ring (bicyclic) bond motifs is 1. The molecular weight excluding hydrogens is 140 g/mol. The standard InChI is InChI=1S/C8H12N2O/c1-6-7-3-2-4-10(7)8(11)5-9-6/h7,9H,1-5H2. The van der Waals surface area contributed by atoms with Crippen molar-refractivity contribution in [3.05, 3.63) is 12.3 Å². The quantitative estimate of drug-likeness (QED) is 0.533. The van der Waals surface area contributed by atoms with Gasteiger partial charge in [-0.3, -0.25) is 4.79 Å². The van der Waals surface area contributed by atoms with Gasteiger partial charge in [-0.1, -0.05) is 6.58 Å². The summed E-state index contributed by atoms with van der Waals surface area (Å²) in [6.45, 7) is 5.25. The molecule has 1 atom stereocenters. The third-order valence-electron chi connectivity index (χ3n) is 2.44. The Morgan fingerprint density at radius 1 is 1.64 bits per heavy atom. The first-order valence-corrected chi connectivity index (χ1v) is 4.01. The van der Waals surface area contributed by atoms with E-state index in [-0.39, 0.29) is 11.9 Å². The molecule has 0 radical (unpaired) electrons. The second-order valence-corrected chi connectivity index (χ2v) is 3.12. The van der Waals surface area contributed by atoms with Crippen LogP contribution in [-0.2, 0) is 4.79 Å². The topological polar surface area (TPSA) is 32.3 Å². The molecule has 2 fully saturated rings. The van der Waals surface area contributed by atoms with E-state index in [1.165, 1.54) is 0 Å². The van der Waals surface area contributed by atoms with Gasteiger partial charge in [0.25, 0.3) is 0 Å². The van der Waals surface area contributed by atoms with Gasteiger partial charge in [-0.15, -0.1) is 0 Å². The van der Waals surface area contributed by atoms with E-state index in [0.29, 0.717) is 6.54 Å². The van der Waals surface area contributed by atoms with E-state index in [1.807, 2.05) is 4.90 Å². The second kappa shape index (κ2) is 2.26. The molecule has 0 bridgehead atoms. The zero-order valence-electron chi connectivity index (χ0n) is 6.47. The minimum atomic E-state index is 0.222. The summed E-state index contributed by atoms with van der Waals surface area (Å²) >= 11 is 0. The van der Waals surface area contributed by atoms with Gasteiger partial charge in [0.2, 0.25) is 5.91 Å². The maximum atomic E-state index is 11.2. The van der Waals surface area contributed by atoms with Gasteiger partial charge < -0.3 is 10.2 Å². The molecule has 2 saturated heterocycles. The van der Waals surface area contributed by atoms with Crippen LogP contribution in [-0.4, -0.2) is 29.9 Å². The molecule has 0 aromatic heterocycles. The minimum absolute atomic E-state index is 0.222. The van der Waals surface area contributed by atoms with E-state index in [2.05, 4.69) is 11.9 Å². The molecule has 1 unspecified atom stereocenters. The molecule has 11 heavy (non-hydrogen) atoms. The number of hydrogen-bond donors (Lipinski definition) is 1. The van der Waals surface area contributed by atoms with Gasteiger partial charge in [0.15, 0.2) is 0 Å². The first-order valence-electron chi connectivity index (χ1n) is 4.01. The summed E-state index contributed by atoms with van der Waals surface area (Å²) in [5.41, 5.74) is 1.02. The molecule has 3 heteroatoms. The molecule has 2 rings (SSSR count). The first kappa shape index (κ1) is 6.70. The van der Waals surface area contributed by atoms with Crippen LogP contribution in [0.4, 0.5) is 0 Å². The molecule has 0 aromatic carbocycles. The lowest BCUT2D eigenvalue weighted by Gasteiger charge is -2.32. The Labute approximate surface area is 66.1 Å². The highest BCUT2D eigenvalue weighted by atomic mass is 16.2. The molecular formula is C8H12N2O. The van der Waals surface area contributed by atoms with Gasteiger partial charge in [-0.25, -0.2) is 0 Å². The van der Waals surface area contributed by atoms with E-state index >= 15 is 0 Å². The van der Waals surface area contributed by atoms with Gasteiger partial charge in [0, 0.05) is 12.2 Å². The summed E-state index contributed by atoms with van der Waals surface area (Å²) in [4.78, 5) is 13.2. The lowest BCUT2D eigenvalue weighted by atomic mass is 10.1. The Balaban J connectivity index is 2.20. The van der Waals surface area contributed by atoms with Crippen molar-refractivity contribution in [1.29, 1.82) is 0 Å². The maximum absolute atomic E-state index is 11.2. The van der Waals surface area contributed by atoms with Crippen LogP contribution in [0.1, 0.15) is 12.8 Å². The molecule has 2 heterocycles. The van der Waals surface area contributed by atoms with E-state index in [0.717, 1.165) is 25.1 Å². The number of piperazine rings is 1. The highest BCUT2D eigenvalue weighted by molar-refractivity contribution is 5.80. The summed E-state index contributed by atoms with van der Waals surface area (Å²) in [5, 5.41) is 3.02. The van der Waals surface area contributed by atoms with Crippen LogP contribution in [0.3, 0.4) is 0 Å². The van der Waals surface area contributed by atoms with Gasteiger partial charge >= 0.3 is 0 Å². The second-order valence-electron chi connectivity index (χ2n) is 3.12. The Morgan fingerprint density at radius 2 is 2.45 bits per heavy atom. The zero-order valence-corrected chi connectivity index (χ0v) is 6.47. The van der Waals surface area contributed by atoms with Crippen molar-refractivity contribution in [3.8, 4) is 0 Å². The van der Waals surface area contributed by atoms with Crippen LogP contribution in [0.5, 0.6) is 0 Å².